The zero-order chi connectivity index (χ0) is 13.1. The third-order valence-electron chi connectivity index (χ3n) is 5.48. The largest absolute Gasteiger partial charge is 0.461 e. The molecule has 4 aliphatic rings. The van der Waals surface area contributed by atoms with Crippen LogP contribution in [-0.2, 0) is 14.3 Å². The molecule has 5 heteroatoms. The molecule has 2 aliphatic carbocycles. The number of halogens is 1. The van der Waals surface area contributed by atoms with Crippen molar-refractivity contribution in [1.29, 1.82) is 0 Å². The van der Waals surface area contributed by atoms with Crippen LogP contribution in [0.2, 0.25) is 0 Å². The summed E-state index contributed by atoms with van der Waals surface area (Å²) in [6.45, 7) is 1.73. The van der Waals surface area contributed by atoms with Crippen molar-refractivity contribution in [2.75, 3.05) is 13.1 Å². The van der Waals surface area contributed by atoms with Gasteiger partial charge in [0, 0.05) is 19.0 Å². The molecule has 2 aliphatic heterocycles. The van der Waals surface area contributed by atoms with E-state index in [1.54, 1.807) is 0 Å². The molecule has 0 aromatic rings. The number of piperidine rings is 1. The third kappa shape index (κ3) is 1.57. The van der Waals surface area contributed by atoms with Crippen LogP contribution in [0.1, 0.15) is 25.7 Å². The Morgan fingerprint density at radius 3 is 2.68 bits per heavy atom. The standard InChI is InChI=1S/C14H18BrNO3/c15-11-7-6-8-10(14(18)19-12(8)11)9(7)13(17)16-4-2-1-3-5-16/h7-12H,1-6H2. The van der Waals surface area contributed by atoms with Crippen molar-refractivity contribution in [2.45, 2.75) is 36.6 Å². The zero-order valence-corrected chi connectivity index (χ0v) is 12.3. The van der Waals surface area contributed by atoms with E-state index in [0.717, 1.165) is 32.4 Å². The Bertz CT molecular complexity index is 434. The Balaban J connectivity index is 1.61. The summed E-state index contributed by atoms with van der Waals surface area (Å²) in [4.78, 5) is 26.9. The van der Waals surface area contributed by atoms with Crippen LogP contribution in [0.3, 0.4) is 0 Å². The number of hydrogen-bond acceptors (Lipinski definition) is 3. The molecular formula is C14H18BrNO3. The molecule has 4 rings (SSSR count). The second kappa shape index (κ2) is 4.21. The molecule has 6 atom stereocenters. The van der Waals surface area contributed by atoms with Gasteiger partial charge in [0.05, 0.1) is 16.7 Å². The molecule has 2 saturated heterocycles. The first kappa shape index (κ1) is 12.2. The average Bonchev–Trinajstić information content (AvgIpc) is 3.03. The zero-order valence-electron chi connectivity index (χ0n) is 10.8. The van der Waals surface area contributed by atoms with E-state index >= 15 is 0 Å². The number of esters is 1. The molecule has 6 unspecified atom stereocenters. The number of likely N-dealkylation sites (tertiary alicyclic amines) is 1. The molecule has 2 heterocycles. The van der Waals surface area contributed by atoms with Gasteiger partial charge in [-0.05, 0) is 31.6 Å². The number of nitrogens with zero attached hydrogens (tertiary/aromatic N) is 1. The molecular weight excluding hydrogens is 310 g/mol. The van der Waals surface area contributed by atoms with Crippen LogP contribution in [0.15, 0.2) is 0 Å². The minimum absolute atomic E-state index is 0.0212. The Labute approximate surface area is 121 Å². The molecule has 0 aromatic heterocycles. The van der Waals surface area contributed by atoms with Crippen LogP contribution in [0, 0.1) is 23.7 Å². The van der Waals surface area contributed by atoms with Crippen LogP contribution in [0.25, 0.3) is 0 Å². The summed E-state index contributed by atoms with van der Waals surface area (Å²) in [5.74, 6) is 0.368. The molecule has 104 valence electrons. The van der Waals surface area contributed by atoms with E-state index in [4.69, 9.17) is 4.74 Å². The van der Waals surface area contributed by atoms with E-state index in [1.165, 1.54) is 6.42 Å². The number of fused-ring (bicyclic) bond motifs is 1. The molecule has 4 fully saturated rings. The molecule has 2 bridgehead atoms. The highest BCUT2D eigenvalue weighted by molar-refractivity contribution is 9.09. The number of alkyl halides is 1. The summed E-state index contributed by atoms with van der Waals surface area (Å²) >= 11 is 3.66. The Morgan fingerprint density at radius 1 is 1.21 bits per heavy atom. The van der Waals surface area contributed by atoms with Gasteiger partial charge < -0.3 is 9.64 Å². The molecule has 0 spiro atoms. The Kier molecular flexibility index (Phi) is 2.70. The summed E-state index contributed by atoms with van der Waals surface area (Å²) in [7, 11) is 0. The van der Waals surface area contributed by atoms with Crippen molar-refractivity contribution in [2.24, 2.45) is 23.7 Å². The molecule has 19 heavy (non-hydrogen) atoms. The van der Waals surface area contributed by atoms with Crippen LogP contribution >= 0.6 is 15.9 Å². The lowest BCUT2D eigenvalue weighted by Gasteiger charge is -2.34. The molecule has 4 nitrogen and oxygen atoms in total. The van der Waals surface area contributed by atoms with Gasteiger partial charge in [-0.25, -0.2) is 0 Å². The first-order valence-electron chi connectivity index (χ1n) is 7.32. The van der Waals surface area contributed by atoms with Gasteiger partial charge >= 0.3 is 5.97 Å². The second-order valence-corrected chi connectivity index (χ2v) is 7.40. The Morgan fingerprint density at radius 2 is 1.95 bits per heavy atom. The summed E-state index contributed by atoms with van der Waals surface area (Å²) in [6.07, 6.45) is 4.41. The number of hydrogen-bond donors (Lipinski definition) is 0. The van der Waals surface area contributed by atoms with Gasteiger partial charge in [-0.15, -0.1) is 0 Å². The number of amides is 1. The summed E-state index contributed by atoms with van der Waals surface area (Å²) in [5, 5.41) is 0. The minimum Gasteiger partial charge on any atom is -0.461 e. The fourth-order valence-electron chi connectivity index (χ4n) is 4.63. The van der Waals surface area contributed by atoms with Gasteiger partial charge in [0.25, 0.3) is 0 Å². The van der Waals surface area contributed by atoms with E-state index < -0.39 is 0 Å². The Hall–Kier alpha value is -0.580. The maximum absolute atomic E-state index is 12.8. The van der Waals surface area contributed by atoms with Gasteiger partial charge in [-0.3, -0.25) is 9.59 Å². The topological polar surface area (TPSA) is 46.6 Å². The van der Waals surface area contributed by atoms with Crippen molar-refractivity contribution in [1.82, 2.24) is 4.90 Å². The second-order valence-electron chi connectivity index (χ2n) is 6.35. The van der Waals surface area contributed by atoms with E-state index in [0.29, 0.717) is 5.92 Å². The molecule has 1 amide bonds. The first-order valence-corrected chi connectivity index (χ1v) is 8.23. The third-order valence-corrected chi connectivity index (χ3v) is 6.68. The first-order chi connectivity index (χ1) is 9.18. The predicted molar refractivity (Wildman–Crippen MR) is 71.6 cm³/mol. The lowest BCUT2D eigenvalue weighted by Crippen LogP contribution is -2.46. The summed E-state index contributed by atoms with van der Waals surface area (Å²) in [5.41, 5.74) is 0. The highest BCUT2D eigenvalue weighted by atomic mass is 79.9. The fraction of sp³-hybridized carbons (Fsp3) is 0.857. The van der Waals surface area contributed by atoms with E-state index in [9.17, 15) is 9.59 Å². The van der Waals surface area contributed by atoms with E-state index in [2.05, 4.69) is 15.9 Å². The fourth-order valence-corrected chi connectivity index (χ4v) is 5.68. The SMILES string of the molecule is O=C1OC2C(Br)C3CC2C1C3C(=O)N1CCCCC1. The lowest BCUT2D eigenvalue weighted by atomic mass is 9.79. The number of carbonyl (C=O) groups is 2. The normalized spacial score (nSPS) is 47.6. The van der Waals surface area contributed by atoms with Gasteiger partial charge in [0.1, 0.15) is 6.10 Å². The lowest BCUT2D eigenvalue weighted by molar-refractivity contribution is -0.148. The van der Waals surface area contributed by atoms with Gasteiger partial charge in [0.2, 0.25) is 5.91 Å². The predicted octanol–water partition coefficient (Wildman–Crippen LogP) is 1.57. The maximum Gasteiger partial charge on any atom is 0.310 e. The average molecular weight is 328 g/mol. The van der Waals surface area contributed by atoms with Gasteiger partial charge in [-0.1, -0.05) is 15.9 Å². The van der Waals surface area contributed by atoms with E-state index in [1.807, 2.05) is 4.90 Å². The minimum atomic E-state index is -0.154. The van der Waals surface area contributed by atoms with Crippen molar-refractivity contribution in [3.8, 4) is 0 Å². The number of ether oxygens (including phenoxy) is 1. The molecule has 0 N–H and O–H groups in total. The highest BCUT2D eigenvalue weighted by Gasteiger charge is 2.68. The molecule has 2 saturated carbocycles. The number of rotatable bonds is 1. The van der Waals surface area contributed by atoms with Crippen molar-refractivity contribution in [3.05, 3.63) is 0 Å². The quantitative estimate of drug-likeness (QED) is 0.542. The smallest absolute Gasteiger partial charge is 0.310 e. The maximum atomic E-state index is 12.8. The molecule has 0 aromatic carbocycles. The van der Waals surface area contributed by atoms with Crippen LogP contribution in [0.4, 0.5) is 0 Å². The van der Waals surface area contributed by atoms with Crippen molar-refractivity contribution < 1.29 is 14.3 Å². The summed E-state index contributed by atoms with van der Waals surface area (Å²) in [6, 6.07) is 0. The van der Waals surface area contributed by atoms with Gasteiger partial charge in [0.15, 0.2) is 0 Å². The monoisotopic (exact) mass is 327 g/mol. The van der Waals surface area contributed by atoms with Crippen LogP contribution in [-0.4, -0.2) is 40.8 Å². The van der Waals surface area contributed by atoms with Crippen molar-refractivity contribution in [3.63, 3.8) is 0 Å². The van der Waals surface area contributed by atoms with Crippen LogP contribution in [0.5, 0.6) is 0 Å². The highest BCUT2D eigenvalue weighted by Crippen LogP contribution is 2.60. The van der Waals surface area contributed by atoms with E-state index in [-0.39, 0.29) is 40.6 Å². The number of carbonyl (C=O) groups excluding carboxylic acids is 2. The summed E-state index contributed by atoms with van der Waals surface area (Å²) < 4.78 is 5.46. The van der Waals surface area contributed by atoms with Gasteiger partial charge in [-0.2, -0.15) is 0 Å². The van der Waals surface area contributed by atoms with Crippen LogP contribution < -0.4 is 0 Å². The van der Waals surface area contributed by atoms with Crippen molar-refractivity contribution >= 4 is 27.8 Å². The molecule has 0 radical (unpaired) electrons.